The molecule has 0 unspecified atom stereocenters. The average Bonchev–Trinajstić information content (AvgIpc) is 3.85. The summed E-state index contributed by atoms with van der Waals surface area (Å²) >= 11 is 0. The van der Waals surface area contributed by atoms with Crippen molar-refractivity contribution in [2.24, 2.45) is 7.05 Å². The van der Waals surface area contributed by atoms with E-state index in [-0.39, 0.29) is 10.8 Å². The maximum Gasteiger partial charge on any atom is 0.0568 e. The highest BCUT2D eigenvalue weighted by atomic mass is 15.1. The van der Waals surface area contributed by atoms with Crippen LogP contribution in [0.2, 0.25) is 0 Å². The summed E-state index contributed by atoms with van der Waals surface area (Å²) < 4.78 is 2.37. The van der Waals surface area contributed by atoms with Crippen molar-refractivity contribution in [3.63, 3.8) is 0 Å². The maximum atomic E-state index is 2.46. The Kier molecular flexibility index (Phi) is 8.18. The first-order chi connectivity index (χ1) is 30.7. The van der Waals surface area contributed by atoms with E-state index >= 15 is 0 Å². The molecule has 0 amide bonds. The summed E-state index contributed by atoms with van der Waals surface area (Å²) in [7, 11) is 2.20. The number of hydrogen-bond donors (Lipinski definition) is 0. The Balaban J connectivity index is 0.959. The van der Waals surface area contributed by atoms with Gasteiger partial charge in [0.25, 0.3) is 0 Å². The van der Waals surface area contributed by atoms with E-state index in [0.29, 0.717) is 0 Å². The van der Waals surface area contributed by atoms with E-state index in [9.17, 15) is 0 Å². The van der Waals surface area contributed by atoms with Gasteiger partial charge in [-0.25, -0.2) is 0 Å². The van der Waals surface area contributed by atoms with Crippen molar-refractivity contribution in [2.45, 2.75) is 38.5 Å². The third-order valence-electron chi connectivity index (χ3n) is 14.4. The summed E-state index contributed by atoms with van der Waals surface area (Å²) in [4.78, 5) is 2.46. The Morgan fingerprint density at radius 2 is 0.857 bits per heavy atom. The van der Waals surface area contributed by atoms with Gasteiger partial charge in [-0.2, -0.15) is 0 Å². The summed E-state index contributed by atoms with van der Waals surface area (Å²) in [5.41, 5.74) is 22.7. The first kappa shape index (κ1) is 37.4. The highest BCUT2D eigenvalue weighted by molar-refractivity contribution is 6.17. The van der Waals surface area contributed by atoms with Gasteiger partial charge < -0.3 is 9.47 Å². The third kappa shape index (κ3) is 5.57. The van der Waals surface area contributed by atoms with Crippen LogP contribution in [0.5, 0.6) is 0 Å². The molecule has 0 fully saturated rings. The first-order valence-electron chi connectivity index (χ1n) is 22.2. The molecule has 302 valence electrons. The molecule has 10 aromatic rings. The SMILES string of the molecule is Cn1c(-c2ccccc2)c(-c2ccc(-c3ccc(N(c4ccc5c(c4)C(C)(C)c4ccccc4-5)c4ccc5c(c4)C(C)(C)c4ccccc4-5)cc3)cc2)c2c3ccccc3ccc21. The van der Waals surface area contributed by atoms with Crippen LogP contribution in [0.3, 0.4) is 0 Å². The van der Waals surface area contributed by atoms with E-state index in [2.05, 4.69) is 244 Å². The molecule has 1 aromatic heterocycles. The molecule has 0 saturated heterocycles. The van der Waals surface area contributed by atoms with Gasteiger partial charge in [0.1, 0.15) is 0 Å². The van der Waals surface area contributed by atoms with E-state index < -0.39 is 0 Å². The first-order valence-corrected chi connectivity index (χ1v) is 22.2. The second kappa shape index (κ2) is 13.8. The summed E-state index contributed by atoms with van der Waals surface area (Å²) in [6, 6.07) is 74.5. The largest absolute Gasteiger partial charge is 0.343 e. The van der Waals surface area contributed by atoms with Crippen molar-refractivity contribution in [3.8, 4) is 55.8 Å². The van der Waals surface area contributed by atoms with Crippen LogP contribution in [0, 0.1) is 0 Å². The molecule has 0 aliphatic heterocycles. The lowest BCUT2D eigenvalue weighted by molar-refractivity contribution is 0.660. The Hall–Kier alpha value is -7.42. The molecule has 2 nitrogen and oxygen atoms in total. The minimum absolute atomic E-state index is 0.105. The standard InChI is InChI=1S/C61H48N2/c1-60(2)52-21-13-11-19-48(52)50-34-32-45(37-54(50)60)63(46-33-35-51-49-20-12-14-22-53(49)61(3,4)55(51)38-46)44-30-27-40(28-31-44)39-23-25-42(26-24-39)57-58-47-18-10-9-15-41(47)29-36-56(58)62(5)59(57)43-16-7-6-8-17-43/h6-38H,1-5H3. The molecule has 1 heterocycles. The van der Waals surface area contributed by atoms with Gasteiger partial charge in [-0.1, -0.05) is 185 Å². The Morgan fingerprint density at radius 3 is 1.46 bits per heavy atom. The fourth-order valence-electron chi connectivity index (χ4n) is 11.2. The second-order valence-corrected chi connectivity index (χ2v) is 18.6. The van der Waals surface area contributed by atoms with Crippen LogP contribution in [0.4, 0.5) is 17.1 Å². The van der Waals surface area contributed by atoms with Gasteiger partial charge in [-0.05, 0) is 120 Å². The summed E-state index contributed by atoms with van der Waals surface area (Å²) in [6.45, 7) is 9.47. The van der Waals surface area contributed by atoms with E-state index in [4.69, 9.17) is 0 Å². The highest BCUT2D eigenvalue weighted by Gasteiger charge is 2.37. The van der Waals surface area contributed by atoms with Gasteiger partial charge in [0.05, 0.1) is 5.69 Å². The Labute approximate surface area is 370 Å². The van der Waals surface area contributed by atoms with Crippen LogP contribution in [-0.4, -0.2) is 4.57 Å². The quantitative estimate of drug-likeness (QED) is 0.162. The zero-order valence-electron chi connectivity index (χ0n) is 36.4. The van der Waals surface area contributed by atoms with Crippen LogP contribution in [0.25, 0.3) is 77.4 Å². The molecule has 0 N–H and O–H groups in total. The summed E-state index contributed by atoms with van der Waals surface area (Å²) in [5, 5.41) is 3.83. The van der Waals surface area contributed by atoms with Crippen molar-refractivity contribution in [2.75, 3.05) is 4.90 Å². The van der Waals surface area contributed by atoms with Gasteiger partial charge in [0.15, 0.2) is 0 Å². The Morgan fingerprint density at radius 1 is 0.381 bits per heavy atom. The smallest absolute Gasteiger partial charge is 0.0568 e. The number of anilines is 3. The molecule has 2 aliphatic carbocycles. The molecule has 0 radical (unpaired) electrons. The van der Waals surface area contributed by atoms with Crippen molar-refractivity contribution in [1.29, 1.82) is 0 Å². The van der Waals surface area contributed by atoms with E-state index in [1.54, 1.807) is 0 Å². The zero-order valence-corrected chi connectivity index (χ0v) is 36.4. The fourth-order valence-corrected chi connectivity index (χ4v) is 11.2. The van der Waals surface area contributed by atoms with Crippen LogP contribution in [0.15, 0.2) is 200 Å². The zero-order chi connectivity index (χ0) is 42.6. The lowest BCUT2D eigenvalue weighted by atomic mass is 9.82. The molecule has 63 heavy (non-hydrogen) atoms. The van der Waals surface area contributed by atoms with E-state index in [0.717, 1.165) is 17.1 Å². The van der Waals surface area contributed by atoms with Crippen molar-refractivity contribution >= 4 is 38.7 Å². The third-order valence-corrected chi connectivity index (χ3v) is 14.4. The van der Waals surface area contributed by atoms with Crippen molar-refractivity contribution < 1.29 is 0 Å². The number of hydrogen-bond acceptors (Lipinski definition) is 1. The van der Waals surface area contributed by atoms with Gasteiger partial charge in [-0.3, -0.25) is 0 Å². The minimum atomic E-state index is -0.105. The minimum Gasteiger partial charge on any atom is -0.343 e. The molecule has 0 bridgehead atoms. The number of nitrogens with zero attached hydrogens (tertiary/aromatic N) is 2. The highest BCUT2D eigenvalue weighted by Crippen LogP contribution is 2.53. The normalized spacial score (nSPS) is 14.0. The van der Waals surface area contributed by atoms with Gasteiger partial charge in [-0.15, -0.1) is 0 Å². The van der Waals surface area contributed by atoms with Gasteiger partial charge >= 0.3 is 0 Å². The number of aryl methyl sites for hydroxylation is 1. The summed E-state index contributed by atoms with van der Waals surface area (Å²) in [6.07, 6.45) is 0. The van der Waals surface area contributed by atoms with Gasteiger partial charge in [0.2, 0.25) is 0 Å². The molecule has 2 heteroatoms. The predicted molar refractivity (Wildman–Crippen MR) is 267 cm³/mol. The molecule has 0 spiro atoms. The second-order valence-electron chi connectivity index (χ2n) is 18.6. The summed E-state index contributed by atoms with van der Waals surface area (Å²) in [5.74, 6) is 0. The number of fused-ring (bicyclic) bond motifs is 9. The number of aromatic nitrogens is 1. The van der Waals surface area contributed by atoms with Crippen LogP contribution in [-0.2, 0) is 17.9 Å². The number of benzene rings is 9. The Bertz CT molecular complexity index is 3330. The van der Waals surface area contributed by atoms with Crippen LogP contribution in [0.1, 0.15) is 49.9 Å². The topological polar surface area (TPSA) is 8.17 Å². The van der Waals surface area contributed by atoms with Crippen molar-refractivity contribution in [3.05, 3.63) is 222 Å². The molecular weight excluding hydrogens is 761 g/mol. The van der Waals surface area contributed by atoms with Gasteiger partial charge in [0, 0.05) is 51.4 Å². The number of rotatable bonds is 6. The molecule has 0 saturated carbocycles. The van der Waals surface area contributed by atoms with E-state index in [1.807, 2.05) is 0 Å². The molecule has 12 rings (SSSR count). The van der Waals surface area contributed by atoms with Crippen LogP contribution < -0.4 is 4.90 Å². The van der Waals surface area contributed by atoms with E-state index in [1.165, 1.54) is 99.7 Å². The van der Waals surface area contributed by atoms with Crippen LogP contribution >= 0.6 is 0 Å². The molecular formula is C61H48N2. The monoisotopic (exact) mass is 808 g/mol. The predicted octanol–water partition coefficient (Wildman–Crippen LogP) is 16.4. The lowest BCUT2D eigenvalue weighted by Crippen LogP contribution is -2.18. The average molecular weight is 809 g/mol. The molecule has 9 aromatic carbocycles. The lowest BCUT2D eigenvalue weighted by Gasteiger charge is -2.30. The van der Waals surface area contributed by atoms with Crippen molar-refractivity contribution in [1.82, 2.24) is 4.57 Å². The maximum absolute atomic E-state index is 2.46. The molecule has 2 aliphatic rings. The molecule has 0 atom stereocenters. The fraction of sp³-hybridized carbons (Fsp3) is 0.115.